The molecule has 0 radical (unpaired) electrons. The van der Waals surface area contributed by atoms with Gasteiger partial charge in [-0.05, 0) is 45.5 Å². The minimum atomic E-state index is 0.624. The zero-order chi connectivity index (χ0) is 14.0. The van der Waals surface area contributed by atoms with Crippen LogP contribution in [-0.4, -0.2) is 19.9 Å². The molecule has 2 aromatic rings. The molecule has 0 unspecified atom stereocenters. The van der Waals surface area contributed by atoms with Gasteiger partial charge < -0.3 is 5.43 Å². The Labute approximate surface area is 116 Å². The van der Waals surface area contributed by atoms with Gasteiger partial charge in [0.1, 0.15) is 16.7 Å². The van der Waals surface area contributed by atoms with Crippen molar-refractivity contribution in [3.8, 4) is 0 Å². The first-order valence-electron chi connectivity index (χ1n) is 5.81. The van der Waals surface area contributed by atoms with Crippen LogP contribution in [0.5, 0.6) is 0 Å². The van der Waals surface area contributed by atoms with Crippen molar-refractivity contribution in [1.29, 1.82) is 0 Å². The zero-order valence-corrected chi connectivity index (χ0v) is 12.2. The standard InChI is InChI=1S/C12H16N6S/c1-6-5-7(2)15-12(14-6)19-11-8(3)10(18-13)16-9(4)17-11/h5H,13H2,1-4H3,(H,16,17,18). The summed E-state index contributed by atoms with van der Waals surface area (Å²) in [5.74, 6) is 6.73. The van der Waals surface area contributed by atoms with Crippen LogP contribution in [0, 0.1) is 27.7 Å². The highest BCUT2D eigenvalue weighted by molar-refractivity contribution is 7.99. The summed E-state index contributed by atoms with van der Waals surface area (Å²) < 4.78 is 0. The maximum atomic E-state index is 5.45. The number of anilines is 1. The van der Waals surface area contributed by atoms with E-state index in [2.05, 4.69) is 25.4 Å². The summed E-state index contributed by atoms with van der Waals surface area (Å²) in [6.07, 6.45) is 0. The summed E-state index contributed by atoms with van der Waals surface area (Å²) in [6.45, 7) is 7.64. The second kappa shape index (κ2) is 5.50. The Morgan fingerprint density at radius 3 is 2.21 bits per heavy atom. The van der Waals surface area contributed by atoms with E-state index in [0.29, 0.717) is 16.8 Å². The van der Waals surface area contributed by atoms with Crippen LogP contribution >= 0.6 is 11.8 Å². The van der Waals surface area contributed by atoms with Crippen LogP contribution in [0.1, 0.15) is 22.8 Å². The van der Waals surface area contributed by atoms with Gasteiger partial charge in [-0.15, -0.1) is 0 Å². The molecule has 2 heterocycles. The Morgan fingerprint density at radius 2 is 1.63 bits per heavy atom. The lowest BCUT2D eigenvalue weighted by Crippen LogP contribution is -2.12. The summed E-state index contributed by atoms with van der Waals surface area (Å²) in [4.78, 5) is 17.4. The van der Waals surface area contributed by atoms with E-state index < -0.39 is 0 Å². The number of nitrogen functional groups attached to an aromatic ring is 1. The number of nitrogens with two attached hydrogens (primary N) is 1. The predicted molar refractivity (Wildman–Crippen MR) is 74.9 cm³/mol. The van der Waals surface area contributed by atoms with E-state index in [4.69, 9.17) is 5.84 Å². The van der Waals surface area contributed by atoms with Crippen molar-refractivity contribution >= 4 is 17.6 Å². The summed E-state index contributed by atoms with van der Waals surface area (Å²) in [5, 5.41) is 1.49. The molecule has 0 atom stereocenters. The number of nitrogens with one attached hydrogen (secondary N) is 1. The highest BCUT2D eigenvalue weighted by atomic mass is 32.2. The van der Waals surface area contributed by atoms with Crippen LogP contribution < -0.4 is 11.3 Å². The fourth-order valence-electron chi connectivity index (χ4n) is 1.67. The average Bonchev–Trinajstić information content (AvgIpc) is 2.32. The molecule has 6 nitrogen and oxygen atoms in total. The van der Waals surface area contributed by atoms with Crippen LogP contribution in [0.25, 0.3) is 0 Å². The number of hydrogen-bond acceptors (Lipinski definition) is 7. The fraction of sp³-hybridized carbons (Fsp3) is 0.333. The molecule has 19 heavy (non-hydrogen) atoms. The Bertz CT molecular complexity index is 593. The van der Waals surface area contributed by atoms with E-state index in [9.17, 15) is 0 Å². The summed E-state index contributed by atoms with van der Waals surface area (Å²) in [7, 11) is 0. The topological polar surface area (TPSA) is 89.6 Å². The lowest BCUT2D eigenvalue weighted by Gasteiger charge is -2.09. The van der Waals surface area contributed by atoms with Gasteiger partial charge in [0.25, 0.3) is 0 Å². The molecule has 0 fully saturated rings. The third-order valence-electron chi connectivity index (χ3n) is 2.50. The normalized spacial score (nSPS) is 10.6. The van der Waals surface area contributed by atoms with E-state index in [1.165, 1.54) is 11.8 Å². The number of hydrogen-bond donors (Lipinski definition) is 2. The predicted octanol–water partition coefficient (Wildman–Crippen LogP) is 1.94. The van der Waals surface area contributed by atoms with Gasteiger partial charge in [0.15, 0.2) is 5.16 Å². The second-order valence-corrected chi connectivity index (χ2v) is 5.19. The van der Waals surface area contributed by atoms with Gasteiger partial charge in [-0.25, -0.2) is 25.8 Å². The quantitative estimate of drug-likeness (QED) is 0.383. The molecule has 3 N–H and O–H groups in total. The second-order valence-electron chi connectivity index (χ2n) is 4.23. The van der Waals surface area contributed by atoms with Crippen molar-refractivity contribution in [2.24, 2.45) is 5.84 Å². The first kappa shape index (κ1) is 13.7. The van der Waals surface area contributed by atoms with E-state index >= 15 is 0 Å². The zero-order valence-electron chi connectivity index (χ0n) is 11.4. The summed E-state index contributed by atoms with van der Waals surface area (Å²) in [5.41, 5.74) is 5.35. The van der Waals surface area contributed by atoms with E-state index in [1.807, 2.05) is 33.8 Å². The Morgan fingerprint density at radius 1 is 1.00 bits per heavy atom. The van der Waals surface area contributed by atoms with Crippen LogP contribution in [0.2, 0.25) is 0 Å². The molecule has 7 heteroatoms. The largest absolute Gasteiger partial charge is 0.308 e. The lowest BCUT2D eigenvalue weighted by atomic mass is 10.3. The van der Waals surface area contributed by atoms with Crippen molar-refractivity contribution < 1.29 is 0 Å². The van der Waals surface area contributed by atoms with Gasteiger partial charge in [-0.1, -0.05) is 0 Å². The van der Waals surface area contributed by atoms with Gasteiger partial charge in [-0.3, -0.25) is 0 Å². The van der Waals surface area contributed by atoms with Crippen molar-refractivity contribution in [3.05, 3.63) is 28.8 Å². The van der Waals surface area contributed by atoms with Crippen molar-refractivity contribution in [2.75, 3.05) is 5.43 Å². The average molecular weight is 276 g/mol. The maximum Gasteiger partial charge on any atom is 0.194 e. The van der Waals surface area contributed by atoms with Crippen LogP contribution in [0.15, 0.2) is 16.2 Å². The smallest absolute Gasteiger partial charge is 0.194 e. The Kier molecular flexibility index (Phi) is 3.96. The van der Waals surface area contributed by atoms with Crippen LogP contribution in [0.4, 0.5) is 5.82 Å². The molecule has 0 aliphatic carbocycles. The SMILES string of the molecule is Cc1cc(C)nc(Sc2nc(C)nc(NN)c2C)n1. The number of aryl methyl sites for hydroxylation is 3. The summed E-state index contributed by atoms with van der Waals surface area (Å²) >= 11 is 1.42. The van der Waals surface area contributed by atoms with Gasteiger partial charge in [0, 0.05) is 17.0 Å². The van der Waals surface area contributed by atoms with Gasteiger partial charge in [0.05, 0.1) is 0 Å². The third kappa shape index (κ3) is 3.18. The number of aromatic nitrogens is 4. The van der Waals surface area contributed by atoms with Crippen LogP contribution in [0.3, 0.4) is 0 Å². The van der Waals surface area contributed by atoms with E-state index in [1.54, 1.807) is 0 Å². The highest BCUT2D eigenvalue weighted by Crippen LogP contribution is 2.29. The molecule has 2 aromatic heterocycles. The molecule has 2 rings (SSSR count). The monoisotopic (exact) mass is 276 g/mol. The van der Waals surface area contributed by atoms with Crippen molar-refractivity contribution in [1.82, 2.24) is 19.9 Å². The number of rotatable bonds is 3. The van der Waals surface area contributed by atoms with E-state index in [0.717, 1.165) is 22.0 Å². The Balaban J connectivity index is 2.40. The minimum Gasteiger partial charge on any atom is -0.308 e. The molecule has 0 saturated heterocycles. The fourth-order valence-corrected chi connectivity index (χ4v) is 2.65. The molecule has 0 aliphatic rings. The molecule has 0 spiro atoms. The van der Waals surface area contributed by atoms with Gasteiger partial charge in [-0.2, -0.15) is 0 Å². The Hall–Kier alpha value is -1.73. The molecule has 0 saturated carbocycles. The first-order chi connectivity index (χ1) is 8.99. The molecular formula is C12H16N6S. The highest BCUT2D eigenvalue weighted by Gasteiger charge is 2.11. The number of hydrazine groups is 1. The molecule has 0 amide bonds. The maximum absolute atomic E-state index is 5.45. The van der Waals surface area contributed by atoms with Crippen molar-refractivity contribution in [2.45, 2.75) is 37.9 Å². The molecule has 100 valence electrons. The molecular weight excluding hydrogens is 260 g/mol. The summed E-state index contributed by atoms with van der Waals surface area (Å²) in [6, 6.07) is 1.94. The van der Waals surface area contributed by atoms with Crippen LogP contribution in [-0.2, 0) is 0 Å². The number of nitrogens with zero attached hydrogens (tertiary/aromatic N) is 4. The van der Waals surface area contributed by atoms with Crippen molar-refractivity contribution in [3.63, 3.8) is 0 Å². The lowest BCUT2D eigenvalue weighted by molar-refractivity contribution is 0.887. The van der Waals surface area contributed by atoms with Gasteiger partial charge in [0.2, 0.25) is 0 Å². The minimum absolute atomic E-state index is 0.624. The first-order valence-corrected chi connectivity index (χ1v) is 6.63. The molecule has 0 aromatic carbocycles. The molecule has 0 aliphatic heterocycles. The third-order valence-corrected chi connectivity index (χ3v) is 3.46. The van der Waals surface area contributed by atoms with Gasteiger partial charge >= 0.3 is 0 Å². The molecule has 0 bridgehead atoms. The van der Waals surface area contributed by atoms with E-state index in [-0.39, 0.29) is 0 Å².